The Labute approximate surface area is 115 Å². The quantitative estimate of drug-likeness (QED) is 0.884. The van der Waals surface area contributed by atoms with Crippen molar-refractivity contribution >= 4 is 0 Å². The molecule has 1 heterocycles. The van der Waals surface area contributed by atoms with Crippen molar-refractivity contribution in [3.8, 4) is 5.75 Å². The SMILES string of the molecule is CNC(c1ccc(OC2CC2)cc1)C1CCCOC1. The normalized spacial score (nSPS) is 25.0. The van der Waals surface area contributed by atoms with Crippen LogP contribution in [0, 0.1) is 5.92 Å². The van der Waals surface area contributed by atoms with Crippen LogP contribution in [0.2, 0.25) is 0 Å². The van der Waals surface area contributed by atoms with E-state index in [-0.39, 0.29) is 0 Å². The molecule has 1 aromatic carbocycles. The molecular weight excluding hydrogens is 238 g/mol. The van der Waals surface area contributed by atoms with Gasteiger partial charge in [0.2, 0.25) is 0 Å². The lowest BCUT2D eigenvalue weighted by atomic mass is 9.89. The van der Waals surface area contributed by atoms with Crippen molar-refractivity contribution in [2.24, 2.45) is 5.92 Å². The van der Waals surface area contributed by atoms with Crippen molar-refractivity contribution in [3.63, 3.8) is 0 Å². The fourth-order valence-electron chi connectivity index (χ4n) is 2.84. The van der Waals surface area contributed by atoms with Gasteiger partial charge in [-0.05, 0) is 50.4 Å². The number of nitrogens with one attached hydrogen (secondary N) is 1. The Balaban J connectivity index is 1.67. The first-order valence-corrected chi connectivity index (χ1v) is 7.38. The number of benzene rings is 1. The van der Waals surface area contributed by atoms with Crippen molar-refractivity contribution in [1.82, 2.24) is 5.32 Å². The third-order valence-corrected chi connectivity index (χ3v) is 4.04. The number of rotatable bonds is 5. The molecule has 1 aromatic rings. The minimum absolute atomic E-state index is 0.385. The number of ether oxygens (including phenoxy) is 2. The molecule has 2 fully saturated rings. The fraction of sp³-hybridized carbons (Fsp3) is 0.625. The van der Waals surface area contributed by atoms with Crippen LogP contribution >= 0.6 is 0 Å². The van der Waals surface area contributed by atoms with E-state index >= 15 is 0 Å². The van der Waals surface area contributed by atoms with Gasteiger partial charge in [0.25, 0.3) is 0 Å². The van der Waals surface area contributed by atoms with E-state index in [4.69, 9.17) is 9.47 Å². The summed E-state index contributed by atoms with van der Waals surface area (Å²) in [6.07, 6.45) is 5.30. The summed E-state index contributed by atoms with van der Waals surface area (Å²) < 4.78 is 11.4. The van der Waals surface area contributed by atoms with Crippen LogP contribution in [-0.4, -0.2) is 26.4 Å². The molecule has 3 nitrogen and oxygen atoms in total. The van der Waals surface area contributed by atoms with Crippen molar-refractivity contribution < 1.29 is 9.47 Å². The van der Waals surface area contributed by atoms with E-state index in [2.05, 4.69) is 29.6 Å². The maximum Gasteiger partial charge on any atom is 0.119 e. The van der Waals surface area contributed by atoms with E-state index in [1.807, 2.05) is 7.05 Å². The maximum absolute atomic E-state index is 5.79. The number of hydrogen-bond donors (Lipinski definition) is 1. The van der Waals surface area contributed by atoms with Crippen LogP contribution in [0.4, 0.5) is 0 Å². The van der Waals surface area contributed by atoms with Gasteiger partial charge in [-0.15, -0.1) is 0 Å². The molecule has 0 amide bonds. The van der Waals surface area contributed by atoms with Crippen LogP contribution in [0.5, 0.6) is 5.75 Å². The molecule has 0 aromatic heterocycles. The highest BCUT2D eigenvalue weighted by Gasteiger charge is 2.25. The van der Waals surface area contributed by atoms with Crippen LogP contribution in [-0.2, 0) is 4.74 Å². The van der Waals surface area contributed by atoms with E-state index < -0.39 is 0 Å². The summed E-state index contributed by atoms with van der Waals surface area (Å²) in [7, 11) is 2.04. The molecule has 0 spiro atoms. The zero-order valence-electron chi connectivity index (χ0n) is 11.6. The second kappa shape index (κ2) is 5.93. The second-order valence-electron chi connectivity index (χ2n) is 5.63. The molecule has 19 heavy (non-hydrogen) atoms. The largest absolute Gasteiger partial charge is 0.490 e. The maximum atomic E-state index is 5.79. The van der Waals surface area contributed by atoms with Crippen molar-refractivity contribution in [1.29, 1.82) is 0 Å². The molecular formula is C16H23NO2. The average molecular weight is 261 g/mol. The van der Waals surface area contributed by atoms with Crippen molar-refractivity contribution in [3.05, 3.63) is 29.8 Å². The van der Waals surface area contributed by atoms with Gasteiger partial charge in [-0.25, -0.2) is 0 Å². The zero-order chi connectivity index (χ0) is 13.1. The molecule has 0 bridgehead atoms. The van der Waals surface area contributed by atoms with Gasteiger partial charge in [-0.2, -0.15) is 0 Å². The molecule has 104 valence electrons. The molecule has 0 radical (unpaired) electrons. The van der Waals surface area contributed by atoms with Crippen LogP contribution < -0.4 is 10.1 Å². The Kier molecular flexibility index (Phi) is 4.04. The van der Waals surface area contributed by atoms with Gasteiger partial charge < -0.3 is 14.8 Å². The predicted molar refractivity (Wildman–Crippen MR) is 75.4 cm³/mol. The Bertz CT molecular complexity index is 394. The van der Waals surface area contributed by atoms with Crippen LogP contribution in [0.15, 0.2) is 24.3 Å². The summed E-state index contributed by atoms with van der Waals surface area (Å²) in [6, 6.07) is 8.96. The van der Waals surface area contributed by atoms with E-state index in [9.17, 15) is 0 Å². The Morgan fingerprint density at radius 2 is 2.00 bits per heavy atom. The lowest BCUT2D eigenvalue weighted by Crippen LogP contribution is -2.31. The van der Waals surface area contributed by atoms with Gasteiger partial charge >= 0.3 is 0 Å². The second-order valence-corrected chi connectivity index (χ2v) is 5.63. The molecule has 1 saturated carbocycles. The topological polar surface area (TPSA) is 30.5 Å². The predicted octanol–water partition coefficient (Wildman–Crippen LogP) is 2.91. The van der Waals surface area contributed by atoms with Crippen LogP contribution in [0.25, 0.3) is 0 Å². The molecule has 2 atom stereocenters. The van der Waals surface area contributed by atoms with Gasteiger partial charge in [0.05, 0.1) is 12.7 Å². The zero-order valence-corrected chi connectivity index (χ0v) is 11.6. The summed E-state index contributed by atoms with van der Waals surface area (Å²) >= 11 is 0. The molecule has 1 aliphatic carbocycles. The van der Waals surface area contributed by atoms with Crippen molar-refractivity contribution in [2.45, 2.75) is 37.8 Å². The van der Waals surface area contributed by atoms with E-state index in [0.29, 0.717) is 18.1 Å². The Morgan fingerprint density at radius 3 is 2.58 bits per heavy atom. The van der Waals surface area contributed by atoms with Gasteiger partial charge in [-0.1, -0.05) is 12.1 Å². The molecule has 3 rings (SSSR count). The molecule has 1 saturated heterocycles. The molecule has 2 aliphatic rings. The standard InChI is InChI=1S/C16H23NO2/c1-17-16(13-3-2-10-18-11-13)12-4-6-14(7-5-12)19-15-8-9-15/h4-7,13,15-17H,2-3,8-11H2,1H3. The minimum Gasteiger partial charge on any atom is -0.490 e. The van der Waals surface area contributed by atoms with Crippen LogP contribution in [0.1, 0.15) is 37.3 Å². The summed E-state index contributed by atoms with van der Waals surface area (Å²) in [5, 5.41) is 3.44. The van der Waals surface area contributed by atoms with Gasteiger partial charge in [0.1, 0.15) is 5.75 Å². The van der Waals surface area contributed by atoms with E-state index in [1.165, 1.54) is 31.2 Å². The molecule has 1 N–H and O–H groups in total. The third-order valence-electron chi connectivity index (χ3n) is 4.04. The summed E-state index contributed by atoms with van der Waals surface area (Å²) in [4.78, 5) is 0. The minimum atomic E-state index is 0.385. The lowest BCUT2D eigenvalue weighted by molar-refractivity contribution is 0.0402. The number of hydrogen-bond acceptors (Lipinski definition) is 3. The smallest absolute Gasteiger partial charge is 0.119 e. The highest BCUT2D eigenvalue weighted by molar-refractivity contribution is 5.30. The van der Waals surface area contributed by atoms with Crippen LogP contribution in [0.3, 0.4) is 0 Å². The van der Waals surface area contributed by atoms with Crippen molar-refractivity contribution in [2.75, 3.05) is 20.3 Å². The highest BCUT2D eigenvalue weighted by Crippen LogP contribution is 2.31. The molecule has 2 unspecified atom stereocenters. The average Bonchev–Trinajstić information content (AvgIpc) is 3.27. The molecule has 1 aliphatic heterocycles. The summed E-state index contributed by atoms with van der Waals surface area (Å²) in [5.74, 6) is 1.58. The third kappa shape index (κ3) is 3.28. The first-order valence-electron chi connectivity index (χ1n) is 7.38. The van der Waals surface area contributed by atoms with E-state index in [0.717, 1.165) is 19.0 Å². The monoisotopic (exact) mass is 261 g/mol. The first kappa shape index (κ1) is 12.9. The van der Waals surface area contributed by atoms with Gasteiger partial charge in [-0.3, -0.25) is 0 Å². The summed E-state index contributed by atoms with van der Waals surface area (Å²) in [5.41, 5.74) is 1.33. The Morgan fingerprint density at radius 1 is 1.21 bits per heavy atom. The van der Waals surface area contributed by atoms with Gasteiger partial charge in [0.15, 0.2) is 0 Å². The van der Waals surface area contributed by atoms with Gasteiger partial charge in [0, 0.05) is 18.6 Å². The first-order chi connectivity index (χ1) is 9.36. The summed E-state index contributed by atoms with van der Waals surface area (Å²) in [6.45, 7) is 1.78. The Hall–Kier alpha value is -1.06. The highest BCUT2D eigenvalue weighted by atomic mass is 16.5. The van der Waals surface area contributed by atoms with E-state index in [1.54, 1.807) is 0 Å². The fourth-order valence-corrected chi connectivity index (χ4v) is 2.84. The lowest BCUT2D eigenvalue weighted by Gasteiger charge is -2.30. The molecule has 3 heteroatoms.